The van der Waals surface area contributed by atoms with E-state index in [1.165, 1.54) is 40.8 Å². The number of carbonyl (C=O) groups excluding carboxylic acids is 2. The summed E-state index contributed by atoms with van der Waals surface area (Å²) in [5, 5.41) is 3.40. The van der Waals surface area contributed by atoms with Crippen molar-refractivity contribution in [3.63, 3.8) is 0 Å². The minimum absolute atomic E-state index is 0.293. The molecule has 1 aromatic carbocycles. The van der Waals surface area contributed by atoms with Gasteiger partial charge in [-0.3, -0.25) is 4.79 Å². The summed E-state index contributed by atoms with van der Waals surface area (Å²) in [5.41, 5.74) is 2.26. The summed E-state index contributed by atoms with van der Waals surface area (Å²) in [4.78, 5) is 26.2. The van der Waals surface area contributed by atoms with Gasteiger partial charge in [0.2, 0.25) is 5.91 Å². The predicted molar refractivity (Wildman–Crippen MR) is 110 cm³/mol. The number of thiophene rings is 1. The van der Waals surface area contributed by atoms with Crippen molar-refractivity contribution in [1.82, 2.24) is 0 Å². The Balaban J connectivity index is 1.83. The Morgan fingerprint density at radius 2 is 1.86 bits per heavy atom. The number of halogens is 1. The highest BCUT2D eigenvalue weighted by Gasteiger charge is 2.25. The van der Waals surface area contributed by atoms with Gasteiger partial charge in [-0.1, -0.05) is 25.0 Å². The van der Waals surface area contributed by atoms with E-state index in [1.807, 2.05) is 0 Å². The largest absolute Gasteiger partial charge is 0.462 e. The maximum atomic E-state index is 13.0. The number of anilines is 1. The number of fused-ring (bicyclic) bond motifs is 1. The molecule has 0 fully saturated rings. The van der Waals surface area contributed by atoms with Crippen LogP contribution in [0.3, 0.4) is 0 Å². The number of aryl methyl sites for hydroxylation is 1. The molecule has 2 aromatic rings. The van der Waals surface area contributed by atoms with Crippen LogP contribution in [0.1, 0.15) is 59.0 Å². The van der Waals surface area contributed by atoms with E-state index in [-0.39, 0.29) is 17.7 Å². The van der Waals surface area contributed by atoms with E-state index in [4.69, 9.17) is 4.74 Å². The molecule has 1 aliphatic rings. The number of carbonyl (C=O) groups is 2. The summed E-state index contributed by atoms with van der Waals surface area (Å²) in [6.07, 6.45) is 9.23. The predicted octanol–water partition coefficient (Wildman–Crippen LogP) is 5.37. The van der Waals surface area contributed by atoms with Gasteiger partial charge < -0.3 is 10.1 Å². The Morgan fingerprint density at radius 1 is 1.14 bits per heavy atom. The SMILES string of the molecule is CCOC(=O)c1c(NC(=O)/C=C/c2ccc(F)cc2)sc2c1CCCCCC2. The van der Waals surface area contributed by atoms with Crippen LogP contribution in [0, 0.1) is 5.82 Å². The lowest BCUT2D eigenvalue weighted by Gasteiger charge is -2.11. The highest BCUT2D eigenvalue weighted by Crippen LogP contribution is 2.37. The van der Waals surface area contributed by atoms with Gasteiger partial charge in [0.05, 0.1) is 12.2 Å². The molecule has 0 radical (unpaired) electrons. The van der Waals surface area contributed by atoms with Crippen LogP contribution in [0.5, 0.6) is 0 Å². The fraction of sp³-hybridized carbons (Fsp3) is 0.364. The summed E-state index contributed by atoms with van der Waals surface area (Å²) < 4.78 is 18.2. The van der Waals surface area contributed by atoms with Crippen molar-refractivity contribution in [3.8, 4) is 0 Å². The molecule has 1 amide bonds. The molecule has 148 valence electrons. The van der Waals surface area contributed by atoms with E-state index >= 15 is 0 Å². The van der Waals surface area contributed by atoms with Crippen LogP contribution in [0.15, 0.2) is 30.3 Å². The summed E-state index contributed by atoms with van der Waals surface area (Å²) in [6, 6.07) is 5.88. The summed E-state index contributed by atoms with van der Waals surface area (Å²) in [6.45, 7) is 2.07. The van der Waals surface area contributed by atoms with Crippen molar-refractivity contribution in [3.05, 3.63) is 57.7 Å². The first-order valence-electron chi connectivity index (χ1n) is 9.64. The van der Waals surface area contributed by atoms with E-state index < -0.39 is 0 Å². The maximum Gasteiger partial charge on any atom is 0.341 e. The first-order chi connectivity index (χ1) is 13.6. The normalized spacial score (nSPS) is 14.2. The summed E-state index contributed by atoms with van der Waals surface area (Å²) in [5.74, 6) is -1.03. The molecule has 3 rings (SSSR count). The van der Waals surface area contributed by atoms with Crippen molar-refractivity contribution in [2.45, 2.75) is 45.4 Å². The third kappa shape index (κ3) is 5.07. The van der Waals surface area contributed by atoms with Crippen molar-refractivity contribution in [2.24, 2.45) is 0 Å². The van der Waals surface area contributed by atoms with Gasteiger partial charge in [-0.2, -0.15) is 0 Å². The fourth-order valence-electron chi connectivity index (χ4n) is 3.33. The van der Waals surface area contributed by atoms with Crippen LogP contribution in [0.4, 0.5) is 9.39 Å². The zero-order valence-corrected chi connectivity index (χ0v) is 16.7. The summed E-state index contributed by atoms with van der Waals surface area (Å²) >= 11 is 1.47. The minimum Gasteiger partial charge on any atom is -0.462 e. The van der Waals surface area contributed by atoms with Crippen LogP contribution >= 0.6 is 11.3 Å². The zero-order chi connectivity index (χ0) is 19.9. The van der Waals surface area contributed by atoms with Crippen LogP contribution in [0.2, 0.25) is 0 Å². The molecule has 6 heteroatoms. The van der Waals surface area contributed by atoms with E-state index in [9.17, 15) is 14.0 Å². The first kappa shape index (κ1) is 20.3. The molecule has 0 saturated carbocycles. The molecule has 0 spiro atoms. The first-order valence-corrected chi connectivity index (χ1v) is 10.5. The second-order valence-corrected chi connectivity index (χ2v) is 7.82. The lowest BCUT2D eigenvalue weighted by molar-refractivity contribution is -0.111. The van der Waals surface area contributed by atoms with Gasteiger partial charge in [0.25, 0.3) is 0 Å². The van der Waals surface area contributed by atoms with Crippen LogP contribution in [0.25, 0.3) is 6.08 Å². The van der Waals surface area contributed by atoms with Gasteiger partial charge in [0, 0.05) is 11.0 Å². The molecule has 0 aliphatic heterocycles. The molecular weight excluding hydrogens is 377 g/mol. The van der Waals surface area contributed by atoms with Crippen molar-refractivity contribution >= 4 is 34.3 Å². The fourth-order valence-corrected chi connectivity index (χ4v) is 4.61. The Kier molecular flexibility index (Phi) is 6.98. The van der Waals surface area contributed by atoms with Gasteiger partial charge >= 0.3 is 5.97 Å². The average molecular weight is 402 g/mol. The number of rotatable bonds is 5. The standard InChI is InChI=1S/C22H24FNO3S/c1-2-27-22(26)20-17-7-5-3-4-6-8-18(17)28-21(20)24-19(25)14-11-15-9-12-16(23)13-10-15/h9-14H,2-8H2,1H3,(H,24,25)/b14-11+. The van der Waals surface area contributed by atoms with Gasteiger partial charge in [0.1, 0.15) is 10.8 Å². The number of hydrogen-bond acceptors (Lipinski definition) is 4. The topological polar surface area (TPSA) is 55.4 Å². The second kappa shape index (κ2) is 9.64. The molecular formula is C22H24FNO3S. The number of esters is 1. The van der Waals surface area contributed by atoms with Gasteiger partial charge in [-0.05, 0) is 61.9 Å². The molecule has 4 nitrogen and oxygen atoms in total. The van der Waals surface area contributed by atoms with Crippen LogP contribution in [-0.2, 0) is 22.4 Å². The lowest BCUT2D eigenvalue weighted by atomic mass is 9.96. The molecule has 0 atom stereocenters. The monoisotopic (exact) mass is 401 g/mol. The minimum atomic E-state index is -0.376. The van der Waals surface area contributed by atoms with Gasteiger partial charge in [0.15, 0.2) is 0 Å². The van der Waals surface area contributed by atoms with Gasteiger partial charge in [-0.25, -0.2) is 9.18 Å². The van der Waals surface area contributed by atoms with Crippen molar-refractivity contribution < 1.29 is 18.7 Å². The van der Waals surface area contributed by atoms with Crippen LogP contribution < -0.4 is 5.32 Å². The van der Waals surface area contributed by atoms with E-state index in [0.717, 1.165) is 43.2 Å². The number of nitrogens with one attached hydrogen (secondary N) is 1. The highest BCUT2D eigenvalue weighted by atomic mass is 32.1. The molecule has 28 heavy (non-hydrogen) atoms. The van der Waals surface area contributed by atoms with Crippen molar-refractivity contribution in [2.75, 3.05) is 11.9 Å². The average Bonchev–Trinajstić information content (AvgIpc) is 2.97. The van der Waals surface area contributed by atoms with Crippen LogP contribution in [-0.4, -0.2) is 18.5 Å². The molecule has 0 saturated heterocycles. The molecule has 1 aliphatic carbocycles. The van der Waals surface area contributed by atoms with E-state index in [2.05, 4.69) is 5.32 Å². The molecule has 1 N–H and O–H groups in total. The zero-order valence-electron chi connectivity index (χ0n) is 15.9. The third-order valence-electron chi connectivity index (χ3n) is 4.68. The number of hydrogen-bond donors (Lipinski definition) is 1. The summed E-state index contributed by atoms with van der Waals surface area (Å²) in [7, 11) is 0. The molecule has 1 heterocycles. The number of amides is 1. The third-order valence-corrected chi connectivity index (χ3v) is 5.89. The molecule has 1 aromatic heterocycles. The Bertz CT molecular complexity index is 871. The smallest absolute Gasteiger partial charge is 0.341 e. The van der Waals surface area contributed by atoms with Crippen molar-refractivity contribution in [1.29, 1.82) is 0 Å². The molecule has 0 unspecified atom stereocenters. The van der Waals surface area contributed by atoms with E-state index in [0.29, 0.717) is 17.2 Å². The Morgan fingerprint density at radius 3 is 2.57 bits per heavy atom. The quantitative estimate of drug-likeness (QED) is 0.541. The van der Waals surface area contributed by atoms with E-state index in [1.54, 1.807) is 25.1 Å². The lowest BCUT2D eigenvalue weighted by Crippen LogP contribution is -2.13. The number of ether oxygens (including phenoxy) is 1. The number of benzene rings is 1. The molecule has 0 bridgehead atoms. The second-order valence-electron chi connectivity index (χ2n) is 6.72. The highest BCUT2D eigenvalue weighted by molar-refractivity contribution is 7.17. The Hall–Kier alpha value is -2.47. The Labute approximate surface area is 168 Å². The maximum absolute atomic E-state index is 13.0. The van der Waals surface area contributed by atoms with Gasteiger partial charge in [-0.15, -0.1) is 11.3 Å².